The standard InChI is InChI=1S/C13H19NO4S/c1-14(2)19(16,17)11-3-4-12-10(9-11)6-8-18-13(12)5-7-15/h3-4,9,13,15H,5-8H2,1-2H3/t13-/m0/s1. The maximum atomic E-state index is 12.1. The highest BCUT2D eigenvalue weighted by atomic mass is 32.2. The molecule has 0 radical (unpaired) electrons. The summed E-state index contributed by atoms with van der Waals surface area (Å²) in [6.07, 6.45) is 1.10. The van der Waals surface area contributed by atoms with Gasteiger partial charge in [-0.1, -0.05) is 6.07 Å². The zero-order valence-corrected chi connectivity index (χ0v) is 12.0. The number of sulfonamides is 1. The van der Waals surface area contributed by atoms with E-state index in [-0.39, 0.29) is 12.7 Å². The molecule has 6 heteroatoms. The van der Waals surface area contributed by atoms with E-state index in [4.69, 9.17) is 9.84 Å². The minimum atomic E-state index is -3.40. The van der Waals surface area contributed by atoms with Crippen molar-refractivity contribution in [1.82, 2.24) is 4.31 Å². The summed E-state index contributed by atoms with van der Waals surface area (Å²) in [5.74, 6) is 0. The van der Waals surface area contributed by atoms with E-state index in [1.807, 2.05) is 0 Å². The van der Waals surface area contributed by atoms with Gasteiger partial charge in [-0.3, -0.25) is 0 Å². The maximum Gasteiger partial charge on any atom is 0.242 e. The molecule has 1 aromatic rings. The topological polar surface area (TPSA) is 66.8 Å². The highest BCUT2D eigenvalue weighted by molar-refractivity contribution is 7.89. The van der Waals surface area contributed by atoms with Crippen LogP contribution < -0.4 is 0 Å². The summed E-state index contributed by atoms with van der Waals surface area (Å²) in [6.45, 7) is 0.616. The summed E-state index contributed by atoms with van der Waals surface area (Å²) in [5.41, 5.74) is 1.98. The highest BCUT2D eigenvalue weighted by Crippen LogP contribution is 2.31. The van der Waals surface area contributed by atoms with Crippen LogP contribution in [0.25, 0.3) is 0 Å². The van der Waals surface area contributed by atoms with Gasteiger partial charge in [0.2, 0.25) is 10.0 Å². The molecule has 0 fully saturated rings. The summed E-state index contributed by atoms with van der Waals surface area (Å²) in [7, 11) is -0.356. The lowest BCUT2D eigenvalue weighted by molar-refractivity contribution is 0.0252. The fourth-order valence-electron chi connectivity index (χ4n) is 2.24. The van der Waals surface area contributed by atoms with Crippen molar-refractivity contribution >= 4 is 10.0 Å². The molecule has 1 heterocycles. The lowest BCUT2D eigenvalue weighted by Crippen LogP contribution is -2.23. The zero-order chi connectivity index (χ0) is 14.0. The second-order valence-corrected chi connectivity index (χ2v) is 6.92. The summed E-state index contributed by atoms with van der Waals surface area (Å²) in [5, 5.41) is 9.02. The van der Waals surface area contributed by atoms with Crippen molar-refractivity contribution < 1.29 is 18.3 Å². The molecule has 0 saturated carbocycles. The van der Waals surface area contributed by atoms with Crippen LogP contribution in [-0.2, 0) is 21.2 Å². The van der Waals surface area contributed by atoms with Crippen LogP contribution in [0.15, 0.2) is 23.1 Å². The van der Waals surface area contributed by atoms with Crippen molar-refractivity contribution in [3.05, 3.63) is 29.3 Å². The SMILES string of the molecule is CN(C)S(=O)(=O)c1ccc2c(c1)CCO[C@H]2CCO. The minimum absolute atomic E-state index is 0.0574. The highest BCUT2D eigenvalue weighted by Gasteiger charge is 2.24. The van der Waals surface area contributed by atoms with Gasteiger partial charge < -0.3 is 9.84 Å². The Balaban J connectivity index is 2.40. The van der Waals surface area contributed by atoms with E-state index in [1.54, 1.807) is 18.2 Å². The number of nitrogens with zero attached hydrogens (tertiary/aromatic N) is 1. The van der Waals surface area contributed by atoms with Crippen LogP contribution in [0.2, 0.25) is 0 Å². The zero-order valence-electron chi connectivity index (χ0n) is 11.2. The summed E-state index contributed by atoms with van der Waals surface area (Å²) in [6, 6.07) is 5.12. The minimum Gasteiger partial charge on any atom is -0.396 e. The molecule has 0 aromatic heterocycles. The quantitative estimate of drug-likeness (QED) is 0.894. The Morgan fingerprint density at radius 1 is 1.42 bits per heavy atom. The largest absolute Gasteiger partial charge is 0.396 e. The van der Waals surface area contributed by atoms with Crippen LogP contribution in [0.1, 0.15) is 23.7 Å². The van der Waals surface area contributed by atoms with E-state index < -0.39 is 10.0 Å². The molecular weight excluding hydrogens is 266 g/mol. The first kappa shape index (κ1) is 14.5. The van der Waals surface area contributed by atoms with Gasteiger partial charge in [0.25, 0.3) is 0 Å². The van der Waals surface area contributed by atoms with Crippen molar-refractivity contribution in [1.29, 1.82) is 0 Å². The molecule has 1 atom stereocenters. The van der Waals surface area contributed by atoms with Crippen molar-refractivity contribution in [2.24, 2.45) is 0 Å². The summed E-state index contributed by atoms with van der Waals surface area (Å²) < 4.78 is 31.0. The van der Waals surface area contributed by atoms with E-state index in [9.17, 15) is 8.42 Å². The van der Waals surface area contributed by atoms with Crippen LogP contribution in [0, 0.1) is 0 Å². The van der Waals surface area contributed by atoms with E-state index in [1.165, 1.54) is 18.4 Å². The fraction of sp³-hybridized carbons (Fsp3) is 0.538. The monoisotopic (exact) mass is 285 g/mol. The average Bonchev–Trinajstić information content (AvgIpc) is 2.38. The first-order chi connectivity index (χ1) is 8.96. The van der Waals surface area contributed by atoms with Gasteiger partial charge >= 0.3 is 0 Å². The Labute approximate surface area is 113 Å². The Hall–Kier alpha value is -0.950. The number of rotatable bonds is 4. The summed E-state index contributed by atoms with van der Waals surface area (Å²) in [4.78, 5) is 0.306. The number of hydrogen-bond acceptors (Lipinski definition) is 4. The van der Waals surface area contributed by atoms with Gasteiger partial charge in [-0.05, 0) is 29.7 Å². The number of aliphatic hydroxyl groups is 1. The molecule has 1 aromatic carbocycles. The third-order valence-corrected chi connectivity index (χ3v) is 5.13. The molecule has 0 aliphatic carbocycles. The Bertz CT molecular complexity index is 554. The molecule has 0 saturated heterocycles. The number of aliphatic hydroxyl groups excluding tert-OH is 1. The predicted molar refractivity (Wildman–Crippen MR) is 71.4 cm³/mol. The van der Waals surface area contributed by atoms with Gasteiger partial charge in [-0.2, -0.15) is 0 Å². The molecule has 1 aliphatic heterocycles. The Morgan fingerprint density at radius 3 is 2.79 bits per heavy atom. The number of ether oxygens (including phenoxy) is 1. The number of benzene rings is 1. The maximum absolute atomic E-state index is 12.1. The van der Waals surface area contributed by atoms with Gasteiger partial charge in [0.1, 0.15) is 0 Å². The van der Waals surface area contributed by atoms with E-state index in [0.29, 0.717) is 24.3 Å². The average molecular weight is 285 g/mol. The molecule has 0 unspecified atom stereocenters. The van der Waals surface area contributed by atoms with Crippen molar-refractivity contribution in [3.8, 4) is 0 Å². The van der Waals surface area contributed by atoms with Gasteiger partial charge in [-0.25, -0.2) is 12.7 Å². The van der Waals surface area contributed by atoms with Crippen LogP contribution in [0.3, 0.4) is 0 Å². The Kier molecular flexibility index (Phi) is 4.25. The second kappa shape index (κ2) is 5.58. The molecule has 106 valence electrons. The second-order valence-electron chi connectivity index (χ2n) is 4.77. The van der Waals surface area contributed by atoms with Crippen LogP contribution >= 0.6 is 0 Å². The smallest absolute Gasteiger partial charge is 0.242 e. The third-order valence-electron chi connectivity index (χ3n) is 3.32. The first-order valence-electron chi connectivity index (χ1n) is 6.24. The summed E-state index contributed by atoms with van der Waals surface area (Å²) >= 11 is 0. The number of fused-ring (bicyclic) bond motifs is 1. The molecular formula is C13H19NO4S. The van der Waals surface area contributed by atoms with Crippen LogP contribution in [0.4, 0.5) is 0 Å². The predicted octanol–water partition coefficient (Wildman–Crippen LogP) is 0.933. The molecule has 1 N–H and O–H groups in total. The van der Waals surface area contributed by atoms with E-state index >= 15 is 0 Å². The number of hydrogen-bond donors (Lipinski definition) is 1. The van der Waals surface area contributed by atoms with Crippen LogP contribution in [-0.4, -0.2) is 45.1 Å². The molecule has 19 heavy (non-hydrogen) atoms. The van der Waals surface area contributed by atoms with Gasteiger partial charge in [0, 0.05) is 27.1 Å². The fourth-order valence-corrected chi connectivity index (χ4v) is 3.19. The lowest BCUT2D eigenvalue weighted by Gasteiger charge is -2.26. The van der Waals surface area contributed by atoms with Gasteiger partial charge in [0.05, 0.1) is 17.6 Å². The van der Waals surface area contributed by atoms with Crippen molar-refractivity contribution in [2.45, 2.75) is 23.8 Å². The molecule has 1 aliphatic rings. The van der Waals surface area contributed by atoms with E-state index in [0.717, 1.165) is 11.1 Å². The van der Waals surface area contributed by atoms with Crippen molar-refractivity contribution in [3.63, 3.8) is 0 Å². The van der Waals surface area contributed by atoms with Gasteiger partial charge in [0.15, 0.2) is 0 Å². The molecule has 2 rings (SSSR count). The normalized spacial score (nSPS) is 19.5. The van der Waals surface area contributed by atoms with Crippen LogP contribution in [0.5, 0.6) is 0 Å². The molecule has 5 nitrogen and oxygen atoms in total. The lowest BCUT2D eigenvalue weighted by atomic mass is 9.96. The molecule has 0 amide bonds. The van der Waals surface area contributed by atoms with E-state index in [2.05, 4.69) is 0 Å². The van der Waals surface area contributed by atoms with Gasteiger partial charge in [-0.15, -0.1) is 0 Å². The van der Waals surface area contributed by atoms with Crippen molar-refractivity contribution in [2.75, 3.05) is 27.3 Å². The molecule has 0 spiro atoms. The molecule has 0 bridgehead atoms. The third kappa shape index (κ3) is 2.81. The first-order valence-corrected chi connectivity index (χ1v) is 7.68. The Morgan fingerprint density at radius 2 is 2.16 bits per heavy atom.